The van der Waals surface area contributed by atoms with Gasteiger partial charge in [-0.3, -0.25) is 9.59 Å². The summed E-state index contributed by atoms with van der Waals surface area (Å²) in [6, 6.07) is 14.7. The highest BCUT2D eigenvalue weighted by atomic mass is 79.9. The van der Waals surface area contributed by atoms with E-state index in [1.807, 2.05) is 19.1 Å². The van der Waals surface area contributed by atoms with E-state index in [0.29, 0.717) is 44.2 Å². The monoisotopic (exact) mass is 625 g/mol. The zero-order valence-corrected chi connectivity index (χ0v) is 22.2. The Hall–Kier alpha value is -2.95. The molecule has 0 atom stereocenters. The van der Waals surface area contributed by atoms with Crippen LogP contribution in [0.15, 0.2) is 68.6 Å². The van der Waals surface area contributed by atoms with Crippen LogP contribution in [0.1, 0.15) is 18.1 Å². The maximum Gasteiger partial charge on any atom is 0.329 e. The standard InChI is InChI=1S/C24H19Br2ClFN3O4/c1-2-34-21-10-15(9-18(26)22(21)35-13-14-3-6-17(27)7-4-14)12-29-31-24(33)23(32)30-20-8-5-16(25)11-19(20)28/h3-12H,2,13H2,1H3,(H,30,32)(H,31,33). The molecule has 3 aromatic carbocycles. The number of carbonyl (C=O) groups is 2. The summed E-state index contributed by atoms with van der Waals surface area (Å²) >= 11 is 12.5. The third-order valence-electron chi connectivity index (χ3n) is 4.39. The fourth-order valence-electron chi connectivity index (χ4n) is 2.79. The van der Waals surface area contributed by atoms with Gasteiger partial charge in [-0.25, -0.2) is 9.82 Å². The number of nitrogens with one attached hydrogen (secondary N) is 2. The summed E-state index contributed by atoms with van der Waals surface area (Å²) in [7, 11) is 0. The van der Waals surface area contributed by atoms with Crippen LogP contribution in [0.2, 0.25) is 5.02 Å². The average Bonchev–Trinajstić information content (AvgIpc) is 2.81. The second-order valence-electron chi connectivity index (χ2n) is 6.96. The van der Waals surface area contributed by atoms with Gasteiger partial charge in [0.2, 0.25) is 0 Å². The van der Waals surface area contributed by atoms with Crippen molar-refractivity contribution < 1.29 is 23.5 Å². The Balaban J connectivity index is 1.65. The van der Waals surface area contributed by atoms with Crippen molar-refractivity contribution in [2.24, 2.45) is 5.10 Å². The van der Waals surface area contributed by atoms with Crippen molar-refractivity contribution in [1.82, 2.24) is 5.43 Å². The number of carbonyl (C=O) groups excluding carboxylic acids is 2. The lowest BCUT2D eigenvalue weighted by Crippen LogP contribution is -2.32. The van der Waals surface area contributed by atoms with Gasteiger partial charge in [-0.2, -0.15) is 5.10 Å². The summed E-state index contributed by atoms with van der Waals surface area (Å²) < 4.78 is 26.6. The minimum atomic E-state index is -1.06. The van der Waals surface area contributed by atoms with E-state index in [9.17, 15) is 14.0 Å². The topological polar surface area (TPSA) is 89.0 Å². The van der Waals surface area contributed by atoms with Crippen LogP contribution in [0.25, 0.3) is 0 Å². The molecular weight excluding hydrogens is 609 g/mol. The summed E-state index contributed by atoms with van der Waals surface area (Å²) in [4.78, 5) is 24.0. The highest BCUT2D eigenvalue weighted by molar-refractivity contribution is 9.10. The molecule has 182 valence electrons. The Labute approximate surface area is 222 Å². The molecule has 2 amide bonds. The van der Waals surface area contributed by atoms with Crippen LogP contribution in [0, 0.1) is 5.82 Å². The lowest BCUT2D eigenvalue weighted by Gasteiger charge is -2.14. The Bertz CT molecular complexity index is 1260. The van der Waals surface area contributed by atoms with Crippen LogP contribution in [-0.2, 0) is 16.2 Å². The van der Waals surface area contributed by atoms with Crippen molar-refractivity contribution in [3.63, 3.8) is 0 Å². The van der Waals surface area contributed by atoms with Crippen LogP contribution in [-0.4, -0.2) is 24.6 Å². The zero-order chi connectivity index (χ0) is 25.4. The number of hydrazone groups is 1. The van der Waals surface area contributed by atoms with Gasteiger partial charge in [0.25, 0.3) is 0 Å². The number of amides is 2. The van der Waals surface area contributed by atoms with Crippen molar-refractivity contribution in [2.75, 3.05) is 11.9 Å². The van der Waals surface area contributed by atoms with Gasteiger partial charge >= 0.3 is 11.8 Å². The Morgan fingerprint density at radius 2 is 1.80 bits per heavy atom. The van der Waals surface area contributed by atoms with Crippen molar-refractivity contribution in [3.8, 4) is 11.5 Å². The molecule has 0 aliphatic rings. The number of hydrogen-bond donors (Lipinski definition) is 2. The largest absolute Gasteiger partial charge is 0.490 e. The van der Waals surface area contributed by atoms with Gasteiger partial charge in [0, 0.05) is 9.50 Å². The molecule has 0 bridgehead atoms. The molecule has 0 fully saturated rings. The minimum absolute atomic E-state index is 0.128. The smallest absolute Gasteiger partial charge is 0.329 e. The van der Waals surface area contributed by atoms with Crippen molar-refractivity contribution in [2.45, 2.75) is 13.5 Å². The Kier molecular flexibility index (Phi) is 9.64. The molecule has 7 nitrogen and oxygen atoms in total. The number of anilines is 1. The third kappa shape index (κ3) is 7.78. The fourth-order valence-corrected chi connectivity index (χ4v) is 3.82. The maximum atomic E-state index is 13.8. The number of hydrogen-bond acceptors (Lipinski definition) is 5. The quantitative estimate of drug-likeness (QED) is 0.180. The summed E-state index contributed by atoms with van der Waals surface area (Å²) in [6.07, 6.45) is 1.33. The highest BCUT2D eigenvalue weighted by Gasteiger charge is 2.16. The predicted molar refractivity (Wildman–Crippen MR) is 140 cm³/mol. The third-order valence-corrected chi connectivity index (χ3v) is 5.73. The average molecular weight is 628 g/mol. The number of ether oxygens (including phenoxy) is 2. The van der Waals surface area contributed by atoms with Gasteiger partial charge in [-0.05, 0) is 76.4 Å². The van der Waals surface area contributed by atoms with E-state index < -0.39 is 17.6 Å². The van der Waals surface area contributed by atoms with Crippen molar-refractivity contribution >= 4 is 67.2 Å². The van der Waals surface area contributed by atoms with Crippen LogP contribution < -0.4 is 20.2 Å². The molecule has 0 saturated heterocycles. The van der Waals surface area contributed by atoms with Crippen molar-refractivity contribution in [3.05, 3.63) is 85.5 Å². The van der Waals surface area contributed by atoms with E-state index in [4.69, 9.17) is 21.1 Å². The molecule has 0 aliphatic heterocycles. The van der Waals surface area contributed by atoms with Crippen molar-refractivity contribution in [1.29, 1.82) is 0 Å². The summed E-state index contributed by atoms with van der Waals surface area (Å²) in [5.74, 6) is -1.84. The van der Waals surface area contributed by atoms with Gasteiger partial charge in [0.05, 0.1) is 23.0 Å². The lowest BCUT2D eigenvalue weighted by molar-refractivity contribution is -0.136. The number of nitrogens with zero attached hydrogens (tertiary/aromatic N) is 1. The first-order chi connectivity index (χ1) is 16.8. The summed E-state index contributed by atoms with van der Waals surface area (Å²) in [6.45, 7) is 2.53. The maximum absolute atomic E-state index is 13.8. The molecule has 0 saturated carbocycles. The number of rotatable bonds is 8. The van der Waals surface area contributed by atoms with E-state index in [1.165, 1.54) is 24.4 Å². The fraction of sp³-hybridized carbons (Fsp3) is 0.125. The van der Waals surface area contributed by atoms with Crippen LogP contribution in [0.4, 0.5) is 10.1 Å². The highest BCUT2D eigenvalue weighted by Crippen LogP contribution is 2.37. The molecule has 0 spiro atoms. The van der Waals surface area contributed by atoms with E-state index in [-0.39, 0.29) is 5.69 Å². The van der Waals surface area contributed by atoms with Gasteiger partial charge in [-0.15, -0.1) is 0 Å². The number of halogens is 4. The molecule has 0 heterocycles. The van der Waals surface area contributed by atoms with Gasteiger partial charge in [-0.1, -0.05) is 39.7 Å². The van der Waals surface area contributed by atoms with Gasteiger partial charge in [0.1, 0.15) is 12.4 Å². The summed E-state index contributed by atoms with van der Waals surface area (Å²) in [5, 5.41) is 6.62. The first-order valence-electron chi connectivity index (χ1n) is 10.2. The molecule has 0 aromatic heterocycles. The van der Waals surface area contributed by atoms with E-state index in [1.54, 1.807) is 24.3 Å². The minimum Gasteiger partial charge on any atom is -0.490 e. The predicted octanol–water partition coefficient (Wildman–Crippen LogP) is 6.07. The van der Waals surface area contributed by atoms with Gasteiger partial charge < -0.3 is 14.8 Å². The van der Waals surface area contributed by atoms with Crippen LogP contribution in [0.5, 0.6) is 11.5 Å². The lowest BCUT2D eigenvalue weighted by atomic mass is 10.2. The second kappa shape index (κ2) is 12.7. The number of benzene rings is 3. The molecule has 11 heteroatoms. The molecule has 2 N–H and O–H groups in total. The molecule has 35 heavy (non-hydrogen) atoms. The van der Waals surface area contributed by atoms with E-state index in [0.717, 1.165) is 5.56 Å². The normalized spacial score (nSPS) is 10.8. The van der Waals surface area contributed by atoms with Crippen LogP contribution in [0.3, 0.4) is 0 Å². The molecule has 0 aliphatic carbocycles. The Morgan fingerprint density at radius 1 is 1.06 bits per heavy atom. The first kappa shape index (κ1) is 26.7. The molecule has 0 unspecified atom stereocenters. The van der Waals surface area contributed by atoms with Crippen LogP contribution >= 0.6 is 43.5 Å². The van der Waals surface area contributed by atoms with E-state index in [2.05, 4.69) is 47.7 Å². The molecule has 3 rings (SSSR count). The SMILES string of the molecule is CCOc1cc(C=NNC(=O)C(=O)Nc2ccc(Br)cc2F)cc(Br)c1OCc1ccc(Cl)cc1. The molecular formula is C24H19Br2ClFN3O4. The first-order valence-corrected chi connectivity index (χ1v) is 12.2. The molecule has 3 aromatic rings. The van der Waals surface area contributed by atoms with E-state index >= 15 is 0 Å². The second-order valence-corrected chi connectivity index (χ2v) is 9.16. The van der Waals surface area contributed by atoms with Gasteiger partial charge in [0.15, 0.2) is 11.5 Å². The zero-order valence-electron chi connectivity index (χ0n) is 18.3. The Morgan fingerprint density at radius 3 is 2.49 bits per heavy atom. The molecule has 0 radical (unpaired) electrons. The summed E-state index contributed by atoms with van der Waals surface area (Å²) in [5.41, 5.74) is 3.48.